The number of para-hydroxylation sites is 1. The van der Waals surface area contributed by atoms with Crippen molar-refractivity contribution in [2.24, 2.45) is 0 Å². The van der Waals surface area contributed by atoms with Gasteiger partial charge in [-0.3, -0.25) is 4.79 Å². The van der Waals surface area contributed by atoms with Gasteiger partial charge in [0.1, 0.15) is 5.75 Å². The van der Waals surface area contributed by atoms with Crippen LogP contribution in [-0.2, 0) is 9.53 Å². The van der Waals surface area contributed by atoms with Gasteiger partial charge in [-0.1, -0.05) is 18.2 Å². The number of carbonyl (C=O) groups excluding carboxylic acids is 2. The van der Waals surface area contributed by atoms with Crippen molar-refractivity contribution >= 4 is 12.0 Å². The predicted molar refractivity (Wildman–Crippen MR) is 74.6 cm³/mol. The number of nitrogens with one attached hydrogen (secondary N) is 2. The smallest absolute Gasteiger partial charge is 0.407 e. The molecule has 6 heteroatoms. The van der Waals surface area contributed by atoms with E-state index in [4.69, 9.17) is 4.74 Å². The highest BCUT2D eigenvalue weighted by Gasteiger charge is 2.02. The van der Waals surface area contributed by atoms with Crippen LogP contribution in [0.25, 0.3) is 0 Å². The molecule has 2 amide bonds. The molecule has 0 atom stereocenters. The normalized spacial score (nSPS) is 9.65. The molecule has 0 radical (unpaired) electrons. The molecule has 0 unspecified atom stereocenters. The Balaban J connectivity index is 2.02. The topological polar surface area (TPSA) is 76.7 Å². The van der Waals surface area contributed by atoms with Gasteiger partial charge in [-0.25, -0.2) is 4.79 Å². The zero-order valence-electron chi connectivity index (χ0n) is 11.6. The quantitative estimate of drug-likeness (QED) is 0.704. The van der Waals surface area contributed by atoms with Crippen molar-refractivity contribution in [1.82, 2.24) is 10.6 Å². The third kappa shape index (κ3) is 7.25. The second-order valence-electron chi connectivity index (χ2n) is 3.91. The van der Waals surface area contributed by atoms with E-state index < -0.39 is 6.09 Å². The Morgan fingerprint density at radius 3 is 2.50 bits per heavy atom. The summed E-state index contributed by atoms with van der Waals surface area (Å²) in [5.41, 5.74) is 0. The van der Waals surface area contributed by atoms with Crippen LogP contribution < -0.4 is 15.4 Å². The van der Waals surface area contributed by atoms with Gasteiger partial charge in [0.05, 0.1) is 19.6 Å². The molecule has 0 aliphatic rings. The Labute approximate surface area is 118 Å². The van der Waals surface area contributed by atoms with Crippen LogP contribution in [0, 0.1) is 0 Å². The molecule has 1 aromatic rings. The molecular weight excluding hydrogens is 260 g/mol. The van der Waals surface area contributed by atoms with Gasteiger partial charge in [0.25, 0.3) is 0 Å². The number of alkyl carbamates (subject to hydrolysis) is 1. The molecule has 6 nitrogen and oxygen atoms in total. The molecule has 2 N–H and O–H groups in total. The van der Waals surface area contributed by atoms with Crippen molar-refractivity contribution < 1.29 is 19.1 Å². The third-order valence-electron chi connectivity index (χ3n) is 2.33. The second-order valence-corrected chi connectivity index (χ2v) is 3.91. The van der Waals surface area contributed by atoms with Crippen LogP contribution in [0.3, 0.4) is 0 Å². The van der Waals surface area contributed by atoms with Crippen molar-refractivity contribution in [2.45, 2.75) is 13.3 Å². The number of hydrogen-bond donors (Lipinski definition) is 2. The molecule has 0 aliphatic carbocycles. The molecule has 0 saturated heterocycles. The van der Waals surface area contributed by atoms with Crippen molar-refractivity contribution in [3.63, 3.8) is 0 Å². The summed E-state index contributed by atoms with van der Waals surface area (Å²) in [5.74, 6) is 0.621. The fraction of sp³-hybridized carbons (Fsp3) is 0.429. The Bertz CT molecular complexity index is 409. The van der Waals surface area contributed by atoms with E-state index in [1.54, 1.807) is 6.92 Å². The van der Waals surface area contributed by atoms with Gasteiger partial charge in [0.15, 0.2) is 0 Å². The standard InChI is InChI=1S/C14H20N2O4/c1-2-19-14(18)16-10-9-15-13(17)8-11-20-12-6-4-3-5-7-12/h3-7H,2,8-11H2,1H3,(H,15,17)(H,16,18). The van der Waals surface area contributed by atoms with Gasteiger partial charge in [-0.2, -0.15) is 0 Å². The van der Waals surface area contributed by atoms with Crippen LogP contribution in [-0.4, -0.2) is 38.3 Å². The van der Waals surface area contributed by atoms with Crippen LogP contribution in [0.1, 0.15) is 13.3 Å². The summed E-state index contributed by atoms with van der Waals surface area (Å²) >= 11 is 0. The van der Waals surface area contributed by atoms with E-state index in [1.165, 1.54) is 0 Å². The lowest BCUT2D eigenvalue weighted by molar-refractivity contribution is -0.121. The molecule has 0 saturated carbocycles. The molecule has 0 spiro atoms. The number of hydrogen-bond acceptors (Lipinski definition) is 4. The zero-order valence-corrected chi connectivity index (χ0v) is 11.6. The fourth-order valence-corrected chi connectivity index (χ4v) is 1.42. The van der Waals surface area contributed by atoms with Crippen molar-refractivity contribution in [3.8, 4) is 5.75 Å². The minimum absolute atomic E-state index is 0.119. The van der Waals surface area contributed by atoms with E-state index in [0.29, 0.717) is 26.3 Å². The Morgan fingerprint density at radius 2 is 1.80 bits per heavy atom. The highest BCUT2D eigenvalue weighted by Crippen LogP contribution is 2.08. The summed E-state index contributed by atoms with van der Waals surface area (Å²) in [5, 5.41) is 5.19. The first-order valence-electron chi connectivity index (χ1n) is 6.57. The summed E-state index contributed by atoms with van der Waals surface area (Å²) in [7, 11) is 0. The highest BCUT2D eigenvalue weighted by atomic mass is 16.5. The first-order valence-corrected chi connectivity index (χ1v) is 6.57. The van der Waals surface area contributed by atoms with Gasteiger partial charge in [-0.15, -0.1) is 0 Å². The molecule has 110 valence electrons. The molecule has 0 aliphatic heterocycles. The Hall–Kier alpha value is -2.24. The second kappa shape index (κ2) is 9.66. The van der Waals surface area contributed by atoms with E-state index in [-0.39, 0.29) is 12.3 Å². The number of benzene rings is 1. The third-order valence-corrected chi connectivity index (χ3v) is 2.33. The van der Waals surface area contributed by atoms with Crippen molar-refractivity contribution in [3.05, 3.63) is 30.3 Å². The lowest BCUT2D eigenvalue weighted by Crippen LogP contribution is -2.35. The van der Waals surface area contributed by atoms with Crippen molar-refractivity contribution in [1.29, 1.82) is 0 Å². The van der Waals surface area contributed by atoms with Gasteiger partial charge in [-0.05, 0) is 19.1 Å². The molecule has 1 aromatic carbocycles. The Kier molecular flexibility index (Phi) is 7.64. The number of amides is 2. The van der Waals surface area contributed by atoms with Crippen LogP contribution >= 0.6 is 0 Å². The van der Waals surface area contributed by atoms with Crippen LogP contribution in [0.15, 0.2) is 30.3 Å². The van der Waals surface area contributed by atoms with Gasteiger partial charge in [0, 0.05) is 13.1 Å². The first kappa shape index (κ1) is 15.8. The maximum atomic E-state index is 11.5. The van der Waals surface area contributed by atoms with E-state index >= 15 is 0 Å². The number of ether oxygens (including phenoxy) is 2. The van der Waals surface area contributed by atoms with Crippen LogP contribution in [0.4, 0.5) is 4.79 Å². The van der Waals surface area contributed by atoms with Crippen LogP contribution in [0.5, 0.6) is 5.75 Å². The average molecular weight is 280 g/mol. The largest absolute Gasteiger partial charge is 0.493 e. The summed E-state index contributed by atoms with van der Waals surface area (Å²) in [6.45, 7) is 3.08. The van der Waals surface area contributed by atoms with Gasteiger partial charge < -0.3 is 20.1 Å². The summed E-state index contributed by atoms with van der Waals surface area (Å²) in [6, 6.07) is 9.31. The fourth-order valence-electron chi connectivity index (χ4n) is 1.42. The SMILES string of the molecule is CCOC(=O)NCCNC(=O)CCOc1ccccc1. The minimum Gasteiger partial charge on any atom is -0.493 e. The maximum Gasteiger partial charge on any atom is 0.407 e. The Morgan fingerprint density at radius 1 is 1.10 bits per heavy atom. The van der Waals surface area contributed by atoms with Gasteiger partial charge in [0.2, 0.25) is 5.91 Å². The number of rotatable bonds is 8. The van der Waals surface area contributed by atoms with Crippen LogP contribution in [0.2, 0.25) is 0 Å². The average Bonchev–Trinajstić information content (AvgIpc) is 2.45. The summed E-state index contributed by atoms with van der Waals surface area (Å²) < 4.78 is 10.1. The molecule has 0 aromatic heterocycles. The van der Waals surface area contributed by atoms with Crippen molar-refractivity contribution in [2.75, 3.05) is 26.3 Å². The lowest BCUT2D eigenvalue weighted by atomic mass is 10.3. The summed E-state index contributed by atoms with van der Waals surface area (Å²) in [4.78, 5) is 22.4. The molecule has 0 fully saturated rings. The molecule has 20 heavy (non-hydrogen) atoms. The summed E-state index contributed by atoms with van der Waals surface area (Å²) in [6.07, 6.45) is -0.206. The predicted octanol–water partition coefficient (Wildman–Crippen LogP) is 1.32. The molecule has 1 rings (SSSR count). The number of carbonyl (C=O) groups is 2. The lowest BCUT2D eigenvalue weighted by Gasteiger charge is -2.08. The minimum atomic E-state index is -0.478. The zero-order chi connectivity index (χ0) is 14.6. The van der Waals surface area contributed by atoms with E-state index in [0.717, 1.165) is 5.75 Å². The van der Waals surface area contributed by atoms with E-state index in [2.05, 4.69) is 15.4 Å². The first-order chi connectivity index (χ1) is 9.72. The molecule has 0 heterocycles. The molecular formula is C14H20N2O4. The molecule has 0 bridgehead atoms. The van der Waals surface area contributed by atoms with E-state index in [9.17, 15) is 9.59 Å². The monoisotopic (exact) mass is 280 g/mol. The van der Waals surface area contributed by atoms with Gasteiger partial charge >= 0.3 is 6.09 Å². The highest BCUT2D eigenvalue weighted by molar-refractivity contribution is 5.76. The van der Waals surface area contributed by atoms with E-state index in [1.807, 2.05) is 30.3 Å². The maximum absolute atomic E-state index is 11.5.